The molecule has 3 fully saturated rings. The molecule has 2 aliphatic heterocycles. The van der Waals surface area contributed by atoms with Crippen molar-refractivity contribution in [2.24, 2.45) is 5.92 Å². The van der Waals surface area contributed by atoms with E-state index in [2.05, 4.69) is 20.9 Å². The average Bonchev–Trinajstić information content (AvgIpc) is 3.16. The van der Waals surface area contributed by atoms with E-state index in [1.54, 1.807) is 5.57 Å². The van der Waals surface area contributed by atoms with Crippen molar-refractivity contribution in [1.29, 1.82) is 0 Å². The van der Waals surface area contributed by atoms with Crippen molar-refractivity contribution < 1.29 is 0 Å². The predicted molar refractivity (Wildman–Crippen MR) is 71.4 cm³/mol. The minimum absolute atomic E-state index is 0.649. The van der Waals surface area contributed by atoms with Crippen LogP contribution in [0.15, 0.2) is 30.1 Å². The summed E-state index contributed by atoms with van der Waals surface area (Å²) in [5, 5.41) is 0. The number of nitrogens with zero attached hydrogens (tertiary/aromatic N) is 3. The third-order valence-electron chi connectivity index (χ3n) is 4.49. The van der Waals surface area contributed by atoms with Crippen LogP contribution in [0.25, 0.3) is 0 Å². The van der Waals surface area contributed by atoms with Crippen LogP contribution in [0.4, 0.5) is 5.95 Å². The van der Waals surface area contributed by atoms with E-state index < -0.39 is 0 Å². The van der Waals surface area contributed by atoms with Gasteiger partial charge in [0.25, 0.3) is 0 Å². The van der Waals surface area contributed by atoms with Crippen molar-refractivity contribution in [3.05, 3.63) is 30.1 Å². The SMILES string of the molecule is C(=C1CC2CCC(C1)N2c1ncccn1)C1CC1. The lowest BCUT2D eigenvalue weighted by atomic mass is 9.96. The molecule has 0 N–H and O–H groups in total. The highest BCUT2D eigenvalue weighted by Gasteiger charge is 2.40. The smallest absolute Gasteiger partial charge is 0.225 e. The molecule has 0 amide bonds. The van der Waals surface area contributed by atoms with Crippen LogP contribution in [0, 0.1) is 5.92 Å². The molecular weight excluding hydrogens is 222 g/mol. The Morgan fingerprint density at radius 2 is 1.67 bits per heavy atom. The Labute approximate surface area is 108 Å². The van der Waals surface area contributed by atoms with Crippen LogP contribution < -0.4 is 4.90 Å². The van der Waals surface area contributed by atoms with Gasteiger partial charge in [-0.05, 0) is 50.5 Å². The fraction of sp³-hybridized carbons (Fsp3) is 0.600. The van der Waals surface area contributed by atoms with Gasteiger partial charge < -0.3 is 4.90 Å². The van der Waals surface area contributed by atoms with E-state index in [-0.39, 0.29) is 0 Å². The van der Waals surface area contributed by atoms with Crippen LogP contribution in [0.3, 0.4) is 0 Å². The highest BCUT2D eigenvalue weighted by Crippen LogP contribution is 2.42. The summed E-state index contributed by atoms with van der Waals surface area (Å²) in [4.78, 5) is 11.4. The first-order chi connectivity index (χ1) is 8.90. The molecule has 0 radical (unpaired) electrons. The number of hydrogen-bond acceptors (Lipinski definition) is 3. The van der Waals surface area contributed by atoms with E-state index in [1.165, 1.54) is 38.5 Å². The summed E-state index contributed by atoms with van der Waals surface area (Å²) >= 11 is 0. The second kappa shape index (κ2) is 4.08. The zero-order chi connectivity index (χ0) is 11.9. The van der Waals surface area contributed by atoms with Crippen LogP contribution >= 0.6 is 0 Å². The zero-order valence-electron chi connectivity index (χ0n) is 10.6. The quantitative estimate of drug-likeness (QED) is 0.745. The monoisotopic (exact) mass is 241 g/mol. The molecule has 2 saturated heterocycles. The number of rotatable bonds is 2. The average molecular weight is 241 g/mol. The molecule has 2 unspecified atom stereocenters. The van der Waals surface area contributed by atoms with E-state index in [0.29, 0.717) is 12.1 Å². The summed E-state index contributed by atoms with van der Waals surface area (Å²) in [6.45, 7) is 0. The molecule has 0 aromatic carbocycles. The fourth-order valence-corrected chi connectivity index (χ4v) is 3.53. The molecule has 3 aliphatic rings. The number of fused-ring (bicyclic) bond motifs is 2. The molecule has 2 bridgehead atoms. The van der Waals surface area contributed by atoms with E-state index in [9.17, 15) is 0 Å². The van der Waals surface area contributed by atoms with Crippen LogP contribution in [0.1, 0.15) is 38.5 Å². The Kier molecular flexibility index (Phi) is 2.39. The highest BCUT2D eigenvalue weighted by atomic mass is 15.3. The van der Waals surface area contributed by atoms with Gasteiger partial charge in [-0.3, -0.25) is 0 Å². The summed E-state index contributed by atoms with van der Waals surface area (Å²) in [5.74, 6) is 1.86. The molecule has 3 heteroatoms. The largest absolute Gasteiger partial charge is 0.334 e. The maximum atomic E-state index is 4.44. The third kappa shape index (κ3) is 1.82. The standard InChI is InChI=1S/C15H19N3/c1-6-16-15(17-7-1)18-13-4-5-14(18)10-12(9-13)8-11-2-3-11/h1,6-8,11,13-14H,2-5,9-10H2. The number of hydrogen-bond donors (Lipinski definition) is 0. The first-order valence-corrected chi connectivity index (χ1v) is 7.15. The lowest BCUT2D eigenvalue weighted by Crippen LogP contribution is -2.41. The van der Waals surface area contributed by atoms with E-state index >= 15 is 0 Å². The topological polar surface area (TPSA) is 29.0 Å². The summed E-state index contributed by atoms with van der Waals surface area (Å²) in [6, 6.07) is 3.20. The number of aromatic nitrogens is 2. The molecule has 2 atom stereocenters. The Morgan fingerprint density at radius 1 is 1.00 bits per heavy atom. The third-order valence-corrected chi connectivity index (χ3v) is 4.49. The Morgan fingerprint density at radius 3 is 2.28 bits per heavy atom. The molecule has 1 aromatic rings. The molecule has 4 rings (SSSR count). The number of anilines is 1. The maximum absolute atomic E-state index is 4.44. The number of piperidine rings is 1. The summed E-state index contributed by atoms with van der Waals surface area (Å²) in [5.41, 5.74) is 1.71. The van der Waals surface area contributed by atoms with Crippen molar-refractivity contribution in [1.82, 2.24) is 9.97 Å². The van der Waals surface area contributed by atoms with Crippen molar-refractivity contribution in [3.63, 3.8) is 0 Å². The molecule has 3 heterocycles. The molecule has 1 saturated carbocycles. The van der Waals surface area contributed by atoms with Crippen molar-refractivity contribution in [2.45, 2.75) is 50.6 Å². The van der Waals surface area contributed by atoms with Gasteiger partial charge in [-0.15, -0.1) is 0 Å². The molecule has 1 aliphatic carbocycles. The fourth-order valence-electron chi connectivity index (χ4n) is 3.53. The zero-order valence-corrected chi connectivity index (χ0v) is 10.6. The van der Waals surface area contributed by atoms with E-state index in [1.807, 2.05) is 18.5 Å². The van der Waals surface area contributed by atoms with Crippen molar-refractivity contribution in [2.75, 3.05) is 4.90 Å². The van der Waals surface area contributed by atoms with Gasteiger partial charge in [0.15, 0.2) is 0 Å². The second-order valence-corrected chi connectivity index (χ2v) is 5.91. The Balaban J connectivity index is 1.58. The van der Waals surface area contributed by atoms with Crippen LogP contribution in [-0.2, 0) is 0 Å². The second-order valence-electron chi connectivity index (χ2n) is 5.91. The van der Waals surface area contributed by atoms with Crippen molar-refractivity contribution in [3.8, 4) is 0 Å². The number of allylic oxidation sites excluding steroid dienone is 1. The normalized spacial score (nSPS) is 30.7. The van der Waals surface area contributed by atoms with Crippen molar-refractivity contribution >= 4 is 5.95 Å². The Hall–Kier alpha value is -1.38. The lowest BCUT2D eigenvalue weighted by molar-refractivity contribution is 0.535. The van der Waals surface area contributed by atoms with E-state index in [4.69, 9.17) is 0 Å². The van der Waals surface area contributed by atoms with Gasteiger partial charge >= 0.3 is 0 Å². The molecule has 18 heavy (non-hydrogen) atoms. The lowest BCUT2D eigenvalue weighted by Gasteiger charge is -2.36. The molecule has 0 spiro atoms. The van der Waals surface area contributed by atoms with Gasteiger partial charge in [0.2, 0.25) is 5.95 Å². The first-order valence-electron chi connectivity index (χ1n) is 7.15. The van der Waals surface area contributed by atoms with Gasteiger partial charge in [-0.2, -0.15) is 0 Å². The highest BCUT2D eigenvalue weighted by molar-refractivity contribution is 5.39. The molecule has 94 valence electrons. The van der Waals surface area contributed by atoms with Gasteiger partial charge in [0, 0.05) is 24.5 Å². The molecule has 3 nitrogen and oxygen atoms in total. The predicted octanol–water partition coefficient (Wildman–Crippen LogP) is 2.94. The molecular formula is C15H19N3. The maximum Gasteiger partial charge on any atom is 0.225 e. The summed E-state index contributed by atoms with van der Waals surface area (Å²) in [7, 11) is 0. The van der Waals surface area contributed by atoms with Crippen LogP contribution in [0.2, 0.25) is 0 Å². The summed E-state index contributed by atoms with van der Waals surface area (Å²) in [6.07, 6.45) is 14.2. The van der Waals surface area contributed by atoms with Gasteiger partial charge in [-0.25, -0.2) is 9.97 Å². The molecule has 1 aromatic heterocycles. The van der Waals surface area contributed by atoms with Crippen LogP contribution in [-0.4, -0.2) is 22.1 Å². The first kappa shape index (κ1) is 10.5. The minimum Gasteiger partial charge on any atom is -0.334 e. The summed E-state index contributed by atoms with van der Waals surface area (Å²) < 4.78 is 0. The minimum atomic E-state index is 0.649. The van der Waals surface area contributed by atoms with Crippen LogP contribution in [0.5, 0.6) is 0 Å². The van der Waals surface area contributed by atoms with E-state index in [0.717, 1.165) is 11.9 Å². The Bertz CT molecular complexity index is 448. The van der Waals surface area contributed by atoms with Gasteiger partial charge in [-0.1, -0.05) is 11.6 Å². The van der Waals surface area contributed by atoms with Gasteiger partial charge in [0.05, 0.1) is 0 Å². The van der Waals surface area contributed by atoms with Gasteiger partial charge in [0.1, 0.15) is 0 Å².